The first-order valence-electron chi connectivity index (χ1n) is 11.3. The fraction of sp³-hybridized carbons (Fsp3) is 0.333. The van der Waals surface area contributed by atoms with Gasteiger partial charge in [0.15, 0.2) is 0 Å². The van der Waals surface area contributed by atoms with Crippen LogP contribution in [0.2, 0.25) is 0 Å². The number of benzene rings is 2. The predicted molar refractivity (Wildman–Crippen MR) is 135 cm³/mol. The highest BCUT2D eigenvalue weighted by Crippen LogP contribution is 2.25. The lowest BCUT2D eigenvalue weighted by atomic mass is 9.97. The molecule has 0 aliphatic carbocycles. The van der Waals surface area contributed by atoms with Gasteiger partial charge in [0.25, 0.3) is 0 Å². The number of alkyl carbamates (subject to hydrolysis) is 1. The molecule has 2 atom stereocenters. The SMILES string of the molecule is C#Cc1ccccc1C(C(=O)NCc1ccccc1)N(C)C(=O)C(CC(N)=O)NC(=O)OC(C)(C)C. The Hall–Kier alpha value is -4.32. The van der Waals surface area contributed by atoms with E-state index >= 15 is 0 Å². The maximum Gasteiger partial charge on any atom is 0.408 e. The van der Waals surface area contributed by atoms with Crippen LogP contribution < -0.4 is 16.4 Å². The standard InChI is InChI=1S/C27H32N4O5/c1-6-19-14-10-11-15-20(19)23(24(33)29-17-18-12-8-7-9-13-18)31(5)25(34)21(16-22(28)32)30-26(35)36-27(2,3)4/h1,7-15,21,23H,16-17H2,2-5H3,(H2,28,32)(H,29,33)(H,30,35). The van der Waals surface area contributed by atoms with Crippen molar-refractivity contribution >= 4 is 23.8 Å². The number of hydrogen-bond acceptors (Lipinski definition) is 5. The Labute approximate surface area is 211 Å². The van der Waals surface area contributed by atoms with E-state index in [4.69, 9.17) is 16.9 Å². The molecule has 2 rings (SSSR count). The van der Waals surface area contributed by atoms with Crippen molar-refractivity contribution in [2.24, 2.45) is 5.73 Å². The van der Waals surface area contributed by atoms with E-state index in [1.807, 2.05) is 30.3 Å². The van der Waals surface area contributed by atoms with E-state index in [9.17, 15) is 19.2 Å². The van der Waals surface area contributed by atoms with Crippen molar-refractivity contribution in [1.29, 1.82) is 0 Å². The summed E-state index contributed by atoms with van der Waals surface area (Å²) >= 11 is 0. The van der Waals surface area contributed by atoms with E-state index in [1.165, 1.54) is 7.05 Å². The Bertz CT molecular complexity index is 1130. The summed E-state index contributed by atoms with van der Waals surface area (Å²) in [6, 6.07) is 13.5. The number of amides is 4. The molecule has 0 radical (unpaired) electrons. The van der Waals surface area contributed by atoms with E-state index < -0.39 is 47.9 Å². The molecule has 9 heteroatoms. The zero-order valence-corrected chi connectivity index (χ0v) is 20.9. The highest BCUT2D eigenvalue weighted by atomic mass is 16.6. The third kappa shape index (κ3) is 8.17. The van der Waals surface area contributed by atoms with Crippen molar-refractivity contribution in [1.82, 2.24) is 15.5 Å². The third-order valence-corrected chi connectivity index (χ3v) is 5.10. The van der Waals surface area contributed by atoms with Crippen molar-refractivity contribution in [3.05, 3.63) is 71.3 Å². The van der Waals surface area contributed by atoms with Gasteiger partial charge in [0.05, 0.1) is 6.42 Å². The van der Waals surface area contributed by atoms with E-state index in [1.54, 1.807) is 45.0 Å². The van der Waals surface area contributed by atoms with Crippen LogP contribution in [0.15, 0.2) is 54.6 Å². The lowest BCUT2D eigenvalue weighted by Crippen LogP contribution is -2.52. The molecule has 2 aromatic rings. The van der Waals surface area contributed by atoms with E-state index in [0.29, 0.717) is 11.1 Å². The number of terminal acetylenes is 1. The second kappa shape index (κ2) is 12.4. The zero-order chi connectivity index (χ0) is 26.9. The minimum Gasteiger partial charge on any atom is -0.444 e. The first-order valence-corrected chi connectivity index (χ1v) is 11.3. The van der Waals surface area contributed by atoms with Crippen LogP contribution in [0.1, 0.15) is 49.9 Å². The van der Waals surface area contributed by atoms with Crippen LogP contribution in [0, 0.1) is 12.3 Å². The van der Waals surface area contributed by atoms with Crippen LogP contribution in [0.3, 0.4) is 0 Å². The predicted octanol–water partition coefficient (Wildman–Crippen LogP) is 2.25. The van der Waals surface area contributed by atoms with E-state index in [2.05, 4.69) is 16.6 Å². The molecule has 0 aromatic heterocycles. The molecule has 0 saturated carbocycles. The Morgan fingerprint density at radius 3 is 2.25 bits per heavy atom. The lowest BCUT2D eigenvalue weighted by molar-refractivity contribution is -0.141. The summed E-state index contributed by atoms with van der Waals surface area (Å²) in [4.78, 5) is 52.1. The molecule has 0 heterocycles. The number of rotatable bonds is 9. The summed E-state index contributed by atoms with van der Waals surface area (Å²) in [6.45, 7) is 5.20. The second-order valence-corrected chi connectivity index (χ2v) is 9.16. The monoisotopic (exact) mass is 492 g/mol. The number of nitrogens with zero attached hydrogens (tertiary/aromatic N) is 1. The molecule has 0 fully saturated rings. The number of nitrogens with one attached hydrogen (secondary N) is 2. The van der Waals surface area contributed by atoms with Crippen LogP contribution in [-0.4, -0.2) is 47.4 Å². The number of carbonyl (C=O) groups is 4. The summed E-state index contributed by atoms with van der Waals surface area (Å²) < 4.78 is 5.22. The Kier molecular flexibility index (Phi) is 9.62. The van der Waals surface area contributed by atoms with E-state index in [-0.39, 0.29) is 6.54 Å². The van der Waals surface area contributed by atoms with Gasteiger partial charge < -0.3 is 26.0 Å². The number of primary amides is 1. The van der Waals surface area contributed by atoms with Gasteiger partial charge in [-0.25, -0.2) is 4.79 Å². The molecule has 2 aromatic carbocycles. The van der Waals surface area contributed by atoms with Gasteiger partial charge in [-0.3, -0.25) is 14.4 Å². The minimum absolute atomic E-state index is 0.220. The first kappa shape index (κ1) is 27.9. The molecular weight excluding hydrogens is 460 g/mol. The van der Waals surface area contributed by atoms with Gasteiger partial charge in [-0.15, -0.1) is 6.42 Å². The van der Waals surface area contributed by atoms with Crippen LogP contribution in [0.25, 0.3) is 0 Å². The van der Waals surface area contributed by atoms with Crippen LogP contribution >= 0.6 is 0 Å². The lowest BCUT2D eigenvalue weighted by Gasteiger charge is -2.31. The van der Waals surface area contributed by atoms with Crippen molar-refractivity contribution in [3.63, 3.8) is 0 Å². The van der Waals surface area contributed by atoms with E-state index in [0.717, 1.165) is 10.5 Å². The average molecular weight is 493 g/mol. The molecule has 4 N–H and O–H groups in total. The fourth-order valence-corrected chi connectivity index (χ4v) is 3.50. The molecule has 190 valence electrons. The van der Waals surface area contributed by atoms with Gasteiger partial charge >= 0.3 is 6.09 Å². The molecule has 36 heavy (non-hydrogen) atoms. The van der Waals surface area contributed by atoms with Crippen molar-refractivity contribution in [3.8, 4) is 12.3 Å². The number of ether oxygens (including phenoxy) is 1. The summed E-state index contributed by atoms with van der Waals surface area (Å²) in [6.07, 6.45) is 4.27. The average Bonchev–Trinajstić information content (AvgIpc) is 2.81. The number of likely N-dealkylation sites (N-methyl/N-ethyl adjacent to an activating group) is 1. The highest BCUT2D eigenvalue weighted by Gasteiger charge is 2.35. The molecule has 0 spiro atoms. The molecule has 4 amide bonds. The highest BCUT2D eigenvalue weighted by molar-refractivity contribution is 5.94. The van der Waals surface area contributed by atoms with Gasteiger partial charge in [0.1, 0.15) is 17.7 Å². The number of hydrogen-bond donors (Lipinski definition) is 3. The molecular formula is C27H32N4O5. The fourth-order valence-electron chi connectivity index (χ4n) is 3.50. The minimum atomic E-state index is -1.36. The number of carbonyl (C=O) groups excluding carboxylic acids is 4. The largest absolute Gasteiger partial charge is 0.444 e. The molecule has 9 nitrogen and oxygen atoms in total. The van der Waals surface area contributed by atoms with Crippen LogP contribution in [-0.2, 0) is 25.7 Å². The smallest absolute Gasteiger partial charge is 0.408 e. The molecule has 0 aliphatic rings. The molecule has 0 bridgehead atoms. The van der Waals surface area contributed by atoms with Crippen LogP contribution in [0.5, 0.6) is 0 Å². The maximum atomic E-state index is 13.5. The molecule has 0 saturated heterocycles. The van der Waals surface area contributed by atoms with Crippen molar-refractivity contribution in [2.75, 3.05) is 7.05 Å². The van der Waals surface area contributed by atoms with Crippen molar-refractivity contribution in [2.45, 2.75) is 51.4 Å². The molecule has 2 unspecified atom stereocenters. The Morgan fingerprint density at radius 1 is 1.06 bits per heavy atom. The van der Waals surface area contributed by atoms with Crippen LogP contribution in [0.4, 0.5) is 4.79 Å². The molecule has 0 aliphatic heterocycles. The maximum absolute atomic E-state index is 13.5. The second-order valence-electron chi connectivity index (χ2n) is 9.16. The zero-order valence-electron chi connectivity index (χ0n) is 20.9. The quantitative estimate of drug-likeness (QED) is 0.462. The normalized spacial score (nSPS) is 12.4. The summed E-state index contributed by atoms with van der Waals surface area (Å²) in [5, 5.41) is 5.22. The van der Waals surface area contributed by atoms with Gasteiger partial charge in [0, 0.05) is 19.2 Å². The summed E-state index contributed by atoms with van der Waals surface area (Å²) in [7, 11) is 1.40. The first-order chi connectivity index (χ1) is 16.9. The van der Waals surface area contributed by atoms with Gasteiger partial charge in [-0.2, -0.15) is 0 Å². The van der Waals surface area contributed by atoms with Gasteiger partial charge in [-0.05, 0) is 38.0 Å². The topological polar surface area (TPSA) is 131 Å². The summed E-state index contributed by atoms with van der Waals surface area (Å²) in [5.41, 5.74) is 6.20. The van der Waals surface area contributed by atoms with Gasteiger partial charge in [0.2, 0.25) is 17.7 Å². The number of nitrogens with two attached hydrogens (primary N) is 1. The van der Waals surface area contributed by atoms with Crippen molar-refractivity contribution < 1.29 is 23.9 Å². The third-order valence-electron chi connectivity index (χ3n) is 5.10. The van der Waals surface area contributed by atoms with Gasteiger partial charge in [-0.1, -0.05) is 54.5 Å². The Morgan fingerprint density at radius 2 is 1.67 bits per heavy atom. The Balaban J connectivity index is 2.38. The summed E-state index contributed by atoms with van der Waals surface area (Å²) in [5.74, 6) is 0.514.